The lowest BCUT2D eigenvalue weighted by Gasteiger charge is -2.24. The molecule has 1 amide bonds. The SMILES string of the molecule is Cc1ccccc1N(CC(=O)OC(C(=O)NC1CC1)c1ccccc1)S(C)(=O)=O. The number of carbonyl (C=O) groups excluding carboxylic acids is 2. The Bertz CT molecular complexity index is 987. The summed E-state index contributed by atoms with van der Waals surface area (Å²) in [5, 5.41) is 2.83. The molecule has 2 aromatic carbocycles. The molecule has 1 N–H and O–H groups in total. The summed E-state index contributed by atoms with van der Waals surface area (Å²) in [4.78, 5) is 25.3. The minimum atomic E-state index is -3.73. The number of hydrogen-bond donors (Lipinski definition) is 1. The molecule has 0 spiro atoms. The lowest BCUT2D eigenvalue weighted by Crippen LogP contribution is -2.39. The second kappa shape index (κ2) is 8.65. The molecule has 0 heterocycles. The Hall–Kier alpha value is -2.87. The van der Waals surface area contributed by atoms with Gasteiger partial charge in [-0.15, -0.1) is 0 Å². The van der Waals surface area contributed by atoms with Crippen molar-refractivity contribution in [3.8, 4) is 0 Å². The van der Waals surface area contributed by atoms with Gasteiger partial charge in [-0.05, 0) is 31.4 Å². The van der Waals surface area contributed by atoms with Crippen LogP contribution in [0.1, 0.15) is 30.1 Å². The van der Waals surface area contributed by atoms with E-state index in [1.54, 1.807) is 61.5 Å². The highest BCUT2D eigenvalue weighted by molar-refractivity contribution is 7.92. The summed E-state index contributed by atoms with van der Waals surface area (Å²) < 4.78 is 31.1. The fourth-order valence-electron chi connectivity index (χ4n) is 2.92. The molecule has 1 fully saturated rings. The fraction of sp³-hybridized carbons (Fsp3) is 0.333. The summed E-state index contributed by atoms with van der Waals surface area (Å²) >= 11 is 0. The van der Waals surface area contributed by atoms with E-state index in [-0.39, 0.29) is 6.04 Å². The molecular weight excluding hydrogens is 392 g/mol. The normalized spacial score (nSPS) is 14.7. The molecule has 8 heteroatoms. The van der Waals surface area contributed by atoms with Gasteiger partial charge in [-0.1, -0.05) is 48.5 Å². The van der Waals surface area contributed by atoms with Gasteiger partial charge in [-0.3, -0.25) is 13.9 Å². The average molecular weight is 416 g/mol. The smallest absolute Gasteiger partial charge is 0.327 e. The van der Waals surface area contributed by atoms with Crippen LogP contribution in [-0.4, -0.2) is 39.1 Å². The van der Waals surface area contributed by atoms with Crippen molar-refractivity contribution in [2.75, 3.05) is 17.1 Å². The van der Waals surface area contributed by atoms with Crippen molar-refractivity contribution in [3.63, 3.8) is 0 Å². The Labute approximate surface area is 170 Å². The first-order valence-electron chi connectivity index (χ1n) is 9.34. The highest BCUT2D eigenvalue weighted by Crippen LogP contribution is 2.25. The van der Waals surface area contributed by atoms with Crippen LogP contribution >= 0.6 is 0 Å². The van der Waals surface area contributed by atoms with Crippen LogP contribution in [0.3, 0.4) is 0 Å². The number of sulfonamides is 1. The molecule has 0 aromatic heterocycles. The van der Waals surface area contributed by atoms with E-state index in [9.17, 15) is 18.0 Å². The number of ether oxygens (including phenoxy) is 1. The van der Waals surface area contributed by atoms with Crippen LogP contribution in [0.15, 0.2) is 54.6 Å². The third kappa shape index (κ3) is 5.57. The van der Waals surface area contributed by atoms with Crippen LogP contribution < -0.4 is 9.62 Å². The summed E-state index contributed by atoms with van der Waals surface area (Å²) in [5.74, 6) is -1.22. The minimum absolute atomic E-state index is 0.104. The van der Waals surface area contributed by atoms with Crippen LogP contribution in [0, 0.1) is 6.92 Å². The molecule has 1 aliphatic rings. The molecule has 3 rings (SSSR count). The summed E-state index contributed by atoms with van der Waals surface area (Å²) in [6, 6.07) is 15.6. The molecule has 1 aliphatic carbocycles. The van der Waals surface area contributed by atoms with Gasteiger partial charge in [0, 0.05) is 11.6 Å². The van der Waals surface area contributed by atoms with Crippen LogP contribution in [0.2, 0.25) is 0 Å². The van der Waals surface area contributed by atoms with Gasteiger partial charge in [-0.2, -0.15) is 0 Å². The van der Waals surface area contributed by atoms with Crippen LogP contribution in [0.4, 0.5) is 5.69 Å². The van der Waals surface area contributed by atoms with Crippen molar-refractivity contribution in [3.05, 3.63) is 65.7 Å². The Balaban J connectivity index is 1.80. The van der Waals surface area contributed by atoms with Crippen molar-refractivity contribution in [2.45, 2.75) is 31.9 Å². The lowest BCUT2D eigenvalue weighted by atomic mass is 10.1. The number of amides is 1. The molecule has 29 heavy (non-hydrogen) atoms. The number of benzene rings is 2. The van der Waals surface area contributed by atoms with E-state index >= 15 is 0 Å². The van der Waals surface area contributed by atoms with Crippen LogP contribution in [-0.2, 0) is 24.3 Å². The largest absolute Gasteiger partial charge is 0.446 e. The maximum Gasteiger partial charge on any atom is 0.327 e. The molecule has 7 nitrogen and oxygen atoms in total. The van der Waals surface area contributed by atoms with Gasteiger partial charge in [0.1, 0.15) is 6.54 Å². The van der Waals surface area contributed by atoms with Gasteiger partial charge in [0.2, 0.25) is 16.1 Å². The predicted molar refractivity (Wildman–Crippen MR) is 110 cm³/mol. The molecule has 1 saturated carbocycles. The molecule has 154 valence electrons. The van der Waals surface area contributed by atoms with E-state index in [2.05, 4.69) is 5.32 Å². The van der Waals surface area contributed by atoms with Gasteiger partial charge in [0.05, 0.1) is 11.9 Å². The summed E-state index contributed by atoms with van der Waals surface area (Å²) in [6.07, 6.45) is 1.69. The number of nitrogens with zero attached hydrogens (tertiary/aromatic N) is 1. The Kier molecular flexibility index (Phi) is 6.22. The van der Waals surface area contributed by atoms with E-state index in [1.165, 1.54) is 0 Å². The first-order valence-corrected chi connectivity index (χ1v) is 11.2. The molecule has 2 aromatic rings. The minimum Gasteiger partial charge on any atom is -0.446 e. The third-order valence-electron chi connectivity index (χ3n) is 4.57. The number of esters is 1. The quantitative estimate of drug-likeness (QED) is 0.667. The maximum absolute atomic E-state index is 12.7. The number of nitrogens with one attached hydrogen (secondary N) is 1. The van der Waals surface area contributed by atoms with Crippen LogP contribution in [0.5, 0.6) is 0 Å². The lowest BCUT2D eigenvalue weighted by molar-refractivity contribution is -0.155. The van der Waals surface area contributed by atoms with E-state index < -0.39 is 34.5 Å². The predicted octanol–water partition coefficient (Wildman–Crippen LogP) is 2.32. The zero-order chi connectivity index (χ0) is 21.0. The molecule has 0 bridgehead atoms. The van der Waals surface area contributed by atoms with Gasteiger partial charge < -0.3 is 10.1 Å². The van der Waals surface area contributed by atoms with Crippen molar-refractivity contribution in [2.24, 2.45) is 0 Å². The van der Waals surface area contributed by atoms with E-state index in [0.717, 1.165) is 23.4 Å². The maximum atomic E-state index is 12.7. The molecular formula is C21H24N2O5S. The number of para-hydroxylation sites is 1. The Morgan fingerprint density at radius 3 is 2.31 bits per heavy atom. The number of hydrogen-bond acceptors (Lipinski definition) is 5. The second-order valence-electron chi connectivity index (χ2n) is 7.12. The Morgan fingerprint density at radius 2 is 1.72 bits per heavy atom. The molecule has 1 unspecified atom stereocenters. The fourth-order valence-corrected chi connectivity index (χ4v) is 3.82. The zero-order valence-corrected chi connectivity index (χ0v) is 17.2. The van der Waals surface area contributed by atoms with Crippen molar-refractivity contribution >= 4 is 27.6 Å². The molecule has 1 atom stereocenters. The van der Waals surface area contributed by atoms with E-state index in [0.29, 0.717) is 16.8 Å². The van der Waals surface area contributed by atoms with E-state index in [1.807, 2.05) is 0 Å². The first-order chi connectivity index (χ1) is 13.8. The zero-order valence-electron chi connectivity index (χ0n) is 16.4. The van der Waals surface area contributed by atoms with E-state index in [4.69, 9.17) is 4.74 Å². The molecule has 0 aliphatic heterocycles. The van der Waals surface area contributed by atoms with Gasteiger partial charge in [0.15, 0.2) is 0 Å². The van der Waals surface area contributed by atoms with Crippen LogP contribution in [0.25, 0.3) is 0 Å². The number of carbonyl (C=O) groups is 2. The van der Waals surface area contributed by atoms with Crippen molar-refractivity contribution in [1.82, 2.24) is 5.32 Å². The number of rotatable bonds is 8. The highest BCUT2D eigenvalue weighted by Gasteiger charge is 2.32. The summed E-state index contributed by atoms with van der Waals surface area (Å²) in [5.41, 5.74) is 1.63. The molecule has 0 radical (unpaired) electrons. The van der Waals surface area contributed by atoms with Gasteiger partial charge >= 0.3 is 5.97 Å². The third-order valence-corrected chi connectivity index (χ3v) is 5.70. The summed E-state index contributed by atoms with van der Waals surface area (Å²) in [6.45, 7) is 1.23. The second-order valence-corrected chi connectivity index (χ2v) is 9.03. The first kappa shape index (κ1) is 20.9. The summed E-state index contributed by atoms with van der Waals surface area (Å²) in [7, 11) is -3.73. The van der Waals surface area contributed by atoms with Crippen molar-refractivity contribution < 1.29 is 22.7 Å². The average Bonchev–Trinajstić information content (AvgIpc) is 3.48. The van der Waals surface area contributed by atoms with Gasteiger partial charge in [0.25, 0.3) is 5.91 Å². The van der Waals surface area contributed by atoms with Crippen molar-refractivity contribution in [1.29, 1.82) is 0 Å². The molecule has 0 saturated heterocycles. The highest BCUT2D eigenvalue weighted by atomic mass is 32.2. The monoisotopic (exact) mass is 416 g/mol. The number of anilines is 1. The topological polar surface area (TPSA) is 92.8 Å². The standard InChI is InChI=1S/C21H24N2O5S/c1-15-8-6-7-11-18(15)23(29(2,26)27)14-19(24)28-20(16-9-4-3-5-10-16)21(25)22-17-12-13-17/h3-11,17,20H,12-14H2,1-2H3,(H,22,25). The Morgan fingerprint density at radius 1 is 1.10 bits per heavy atom. The number of aryl methyl sites for hydroxylation is 1. The van der Waals surface area contributed by atoms with Gasteiger partial charge in [-0.25, -0.2) is 8.42 Å².